The smallest absolute Gasteiger partial charge is 0.252 e. The van der Waals surface area contributed by atoms with Crippen molar-refractivity contribution < 1.29 is 13.9 Å². The van der Waals surface area contributed by atoms with E-state index in [2.05, 4.69) is 21.2 Å². The second kappa shape index (κ2) is 7.33. The SMILES string of the molecule is COCc1cccc(CNC(=O)c2cccc(F)c2Br)c1. The number of benzene rings is 2. The van der Waals surface area contributed by atoms with Gasteiger partial charge in [-0.05, 0) is 39.2 Å². The van der Waals surface area contributed by atoms with Crippen molar-refractivity contribution in [3.05, 3.63) is 69.4 Å². The van der Waals surface area contributed by atoms with Crippen molar-refractivity contribution in [3.63, 3.8) is 0 Å². The van der Waals surface area contributed by atoms with E-state index in [1.807, 2.05) is 24.3 Å². The zero-order valence-electron chi connectivity index (χ0n) is 11.5. The Labute approximate surface area is 131 Å². The molecule has 0 bridgehead atoms. The lowest BCUT2D eigenvalue weighted by molar-refractivity contribution is 0.0949. The Hall–Kier alpha value is -1.72. The first kappa shape index (κ1) is 15.7. The van der Waals surface area contributed by atoms with Crippen molar-refractivity contribution >= 4 is 21.8 Å². The predicted octanol–water partition coefficient (Wildman–Crippen LogP) is 3.66. The lowest BCUT2D eigenvalue weighted by Crippen LogP contribution is -2.23. The van der Waals surface area contributed by atoms with E-state index >= 15 is 0 Å². The van der Waals surface area contributed by atoms with Gasteiger partial charge in [0.2, 0.25) is 0 Å². The zero-order chi connectivity index (χ0) is 15.2. The molecule has 3 nitrogen and oxygen atoms in total. The van der Waals surface area contributed by atoms with E-state index in [0.29, 0.717) is 13.2 Å². The van der Waals surface area contributed by atoms with Crippen molar-refractivity contribution in [2.24, 2.45) is 0 Å². The molecule has 5 heteroatoms. The highest BCUT2D eigenvalue weighted by Crippen LogP contribution is 2.20. The summed E-state index contributed by atoms with van der Waals surface area (Å²) >= 11 is 3.09. The molecule has 0 aliphatic rings. The van der Waals surface area contributed by atoms with Crippen LogP contribution < -0.4 is 5.32 Å². The molecule has 21 heavy (non-hydrogen) atoms. The van der Waals surface area contributed by atoms with E-state index in [0.717, 1.165) is 11.1 Å². The number of methoxy groups -OCH3 is 1. The van der Waals surface area contributed by atoms with Crippen LogP contribution in [0.3, 0.4) is 0 Å². The molecular formula is C16H15BrFNO2. The highest BCUT2D eigenvalue weighted by atomic mass is 79.9. The third-order valence-corrected chi connectivity index (χ3v) is 3.76. The Bertz CT molecular complexity index is 646. The summed E-state index contributed by atoms with van der Waals surface area (Å²) in [6.07, 6.45) is 0. The second-order valence-electron chi connectivity index (χ2n) is 4.54. The maximum absolute atomic E-state index is 13.4. The van der Waals surface area contributed by atoms with Crippen molar-refractivity contribution in [1.29, 1.82) is 0 Å². The van der Waals surface area contributed by atoms with Crippen LogP contribution in [-0.2, 0) is 17.9 Å². The minimum atomic E-state index is -0.454. The molecule has 0 unspecified atom stereocenters. The Kier molecular flexibility index (Phi) is 5.47. The molecule has 0 radical (unpaired) electrons. The standard InChI is InChI=1S/C16H15BrFNO2/c1-21-10-12-5-2-4-11(8-12)9-19-16(20)13-6-3-7-14(18)15(13)17/h2-8H,9-10H2,1H3,(H,19,20). The first-order valence-corrected chi connectivity index (χ1v) is 7.20. The Morgan fingerprint density at radius 3 is 2.71 bits per heavy atom. The fraction of sp³-hybridized carbons (Fsp3) is 0.188. The molecule has 2 aromatic rings. The van der Waals surface area contributed by atoms with Gasteiger partial charge in [0.15, 0.2) is 0 Å². The number of hydrogen-bond donors (Lipinski definition) is 1. The molecule has 0 saturated heterocycles. The minimum absolute atomic E-state index is 0.177. The van der Waals surface area contributed by atoms with Crippen molar-refractivity contribution in [2.45, 2.75) is 13.2 Å². The van der Waals surface area contributed by atoms with Gasteiger partial charge < -0.3 is 10.1 Å². The summed E-state index contributed by atoms with van der Waals surface area (Å²) in [7, 11) is 1.63. The van der Waals surface area contributed by atoms with Crippen LogP contribution in [0.2, 0.25) is 0 Å². The first-order valence-electron chi connectivity index (χ1n) is 6.41. The second-order valence-corrected chi connectivity index (χ2v) is 5.33. The number of ether oxygens (including phenoxy) is 1. The molecule has 0 fully saturated rings. The number of carbonyl (C=O) groups is 1. The molecule has 1 N–H and O–H groups in total. The zero-order valence-corrected chi connectivity index (χ0v) is 13.1. The lowest BCUT2D eigenvalue weighted by atomic mass is 10.1. The average Bonchev–Trinajstić information content (AvgIpc) is 2.48. The van der Waals surface area contributed by atoms with Crippen LogP contribution in [-0.4, -0.2) is 13.0 Å². The molecule has 110 valence electrons. The van der Waals surface area contributed by atoms with Gasteiger partial charge in [-0.3, -0.25) is 4.79 Å². The van der Waals surface area contributed by atoms with E-state index < -0.39 is 5.82 Å². The molecule has 0 heterocycles. The monoisotopic (exact) mass is 351 g/mol. The van der Waals surface area contributed by atoms with Crippen LogP contribution in [0.4, 0.5) is 4.39 Å². The van der Waals surface area contributed by atoms with Crippen molar-refractivity contribution in [3.8, 4) is 0 Å². The number of amides is 1. The maximum Gasteiger partial charge on any atom is 0.252 e. The topological polar surface area (TPSA) is 38.3 Å². The fourth-order valence-corrected chi connectivity index (χ4v) is 2.40. The van der Waals surface area contributed by atoms with E-state index in [4.69, 9.17) is 4.74 Å². The normalized spacial score (nSPS) is 10.4. The number of nitrogens with one attached hydrogen (secondary N) is 1. The van der Waals surface area contributed by atoms with Gasteiger partial charge in [-0.15, -0.1) is 0 Å². The third-order valence-electron chi connectivity index (χ3n) is 2.95. The summed E-state index contributed by atoms with van der Waals surface area (Å²) in [6, 6.07) is 12.1. The highest BCUT2D eigenvalue weighted by Gasteiger charge is 2.12. The van der Waals surface area contributed by atoms with Gasteiger partial charge in [-0.2, -0.15) is 0 Å². The molecule has 1 amide bonds. The number of halogens is 2. The quantitative estimate of drug-likeness (QED) is 0.892. The number of carbonyl (C=O) groups excluding carboxylic acids is 1. The molecular weight excluding hydrogens is 337 g/mol. The van der Waals surface area contributed by atoms with Crippen LogP contribution in [0.15, 0.2) is 46.9 Å². The van der Waals surface area contributed by atoms with Crippen LogP contribution in [0.25, 0.3) is 0 Å². The summed E-state index contributed by atoms with van der Waals surface area (Å²) < 4.78 is 18.6. The molecule has 0 aliphatic carbocycles. The molecule has 0 spiro atoms. The molecule has 2 aromatic carbocycles. The van der Waals surface area contributed by atoms with Crippen LogP contribution >= 0.6 is 15.9 Å². The molecule has 0 atom stereocenters. The Morgan fingerprint density at radius 2 is 1.95 bits per heavy atom. The fourth-order valence-electron chi connectivity index (χ4n) is 1.95. The third kappa shape index (κ3) is 4.12. The summed E-state index contributed by atoms with van der Waals surface area (Å²) in [5.41, 5.74) is 2.28. The van der Waals surface area contributed by atoms with Gasteiger partial charge in [0.25, 0.3) is 5.91 Å². The van der Waals surface area contributed by atoms with E-state index in [9.17, 15) is 9.18 Å². The largest absolute Gasteiger partial charge is 0.380 e. The van der Waals surface area contributed by atoms with Gasteiger partial charge >= 0.3 is 0 Å². The molecule has 0 aromatic heterocycles. The molecule has 0 saturated carbocycles. The Balaban J connectivity index is 2.04. The van der Waals surface area contributed by atoms with Gasteiger partial charge in [-0.1, -0.05) is 30.3 Å². The minimum Gasteiger partial charge on any atom is -0.380 e. The summed E-state index contributed by atoms with van der Waals surface area (Å²) in [5, 5.41) is 2.78. The van der Waals surface area contributed by atoms with E-state index in [-0.39, 0.29) is 15.9 Å². The first-order chi connectivity index (χ1) is 10.1. The summed E-state index contributed by atoms with van der Waals surface area (Å²) in [6.45, 7) is 0.899. The van der Waals surface area contributed by atoms with E-state index in [1.54, 1.807) is 13.2 Å². The van der Waals surface area contributed by atoms with Crippen molar-refractivity contribution in [1.82, 2.24) is 5.32 Å². The van der Waals surface area contributed by atoms with Gasteiger partial charge in [-0.25, -0.2) is 4.39 Å². The maximum atomic E-state index is 13.4. The molecule has 0 aliphatic heterocycles. The van der Waals surface area contributed by atoms with Gasteiger partial charge in [0.1, 0.15) is 5.82 Å². The van der Waals surface area contributed by atoms with Gasteiger partial charge in [0, 0.05) is 13.7 Å². The van der Waals surface area contributed by atoms with Gasteiger partial charge in [0.05, 0.1) is 16.6 Å². The van der Waals surface area contributed by atoms with Crippen molar-refractivity contribution in [2.75, 3.05) is 7.11 Å². The number of hydrogen-bond acceptors (Lipinski definition) is 2. The summed E-state index contributed by atoms with van der Waals surface area (Å²) in [5.74, 6) is -0.775. The van der Waals surface area contributed by atoms with Crippen LogP contribution in [0, 0.1) is 5.82 Å². The average molecular weight is 352 g/mol. The highest BCUT2D eigenvalue weighted by molar-refractivity contribution is 9.10. The number of rotatable bonds is 5. The summed E-state index contributed by atoms with van der Waals surface area (Å²) in [4.78, 5) is 12.1. The van der Waals surface area contributed by atoms with Crippen LogP contribution in [0.5, 0.6) is 0 Å². The predicted molar refractivity (Wildman–Crippen MR) is 82.4 cm³/mol. The van der Waals surface area contributed by atoms with Crippen LogP contribution in [0.1, 0.15) is 21.5 Å². The van der Waals surface area contributed by atoms with E-state index in [1.165, 1.54) is 12.1 Å². The molecule has 2 rings (SSSR count). The Morgan fingerprint density at radius 1 is 1.24 bits per heavy atom. The lowest BCUT2D eigenvalue weighted by Gasteiger charge is -2.08.